The summed E-state index contributed by atoms with van der Waals surface area (Å²) in [7, 11) is 0. The molecule has 0 aliphatic rings. The van der Waals surface area contributed by atoms with Crippen LogP contribution in [0.15, 0.2) is 42.9 Å². The van der Waals surface area contributed by atoms with E-state index in [9.17, 15) is 4.39 Å². The van der Waals surface area contributed by atoms with Crippen LogP contribution >= 0.6 is 11.6 Å². The van der Waals surface area contributed by atoms with E-state index in [0.29, 0.717) is 28.5 Å². The Kier molecular flexibility index (Phi) is 4.13. The monoisotopic (exact) mass is 317 g/mol. The summed E-state index contributed by atoms with van der Waals surface area (Å²) >= 11 is 5.84. The van der Waals surface area contributed by atoms with Gasteiger partial charge in [-0.2, -0.15) is 0 Å². The van der Waals surface area contributed by atoms with Crippen LogP contribution in [-0.2, 0) is 0 Å². The summed E-state index contributed by atoms with van der Waals surface area (Å²) < 4.78 is 13.4. The number of hydrogen-bond acceptors (Lipinski definition) is 5. The van der Waals surface area contributed by atoms with E-state index in [1.807, 2.05) is 0 Å². The topological polar surface area (TPSA) is 76.7 Å². The predicted octanol–water partition coefficient (Wildman–Crippen LogP) is 2.93. The zero-order valence-corrected chi connectivity index (χ0v) is 12.3. The van der Waals surface area contributed by atoms with E-state index in [-0.39, 0.29) is 0 Å². The number of benzene rings is 1. The van der Waals surface area contributed by atoms with E-state index in [0.717, 1.165) is 5.52 Å². The van der Waals surface area contributed by atoms with E-state index in [4.69, 9.17) is 17.3 Å². The lowest BCUT2D eigenvalue weighted by atomic mass is 10.1. The van der Waals surface area contributed by atoms with Crippen LogP contribution in [-0.4, -0.2) is 21.5 Å². The van der Waals surface area contributed by atoms with Gasteiger partial charge in [-0.3, -0.25) is 4.98 Å². The van der Waals surface area contributed by atoms with E-state index in [1.165, 1.54) is 12.1 Å². The molecular weight excluding hydrogens is 305 g/mol. The van der Waals surface area contributed by atoms with Crippen molar-refractivity contribution in [3.05, 3.63) is 59.3 Å². The third-order valence-corrected chi connectivity index (χ3v) is 3.41. The first-order valence-corrected chi connectivity index (χ1v) is 7.02. The molecule has 0 fully saturated rings. The minimum absolute atomic E-state index is 0.319. The number of aromatic nitrogens is 3. The lowest BCUT2D eigenvalue weighted by Gasteiger charge is -2.14. The molecule has 0 aliphatic heterocycles. The Balaban J connectivity index is 1.79. The molecule has 0 saturated carbocycles. The molecule has 2 heterocycles. The van der Waals surface area contributed by atoms with Crippen molar-refractivity contribution in [1.82, 2.24) is 15.0 Å². The number of halogens is 2. The summed E-state index contributed by atoms with van der Waals surface area (Å²) in [5.41, 5.74) is 8.09. The third kappa shape index (κ3) is 3.13. The second kappa shape index (κ2) is 6.21. The number of fused-ring (bicyclic) bond motifs is 1. The summed E-state index contributed by atoms with van der Waals surface area (Å²) in [6.45, 7) is 0.364. The number of anilines is 1. The van der Waals surface area contributed by atoms with E-state index in [2.05, 4.69) is 20.3 Å². The Labute approximate surface area is 131 Å². The van der Waals surface area contributed by atoms with Gasteiger partial charge in [0.15, 0.2) is 5.82 Å². The largest absolute Gasteiger partial charge is 0.366 e. The summed E-state index contributed by atoms with van der Waals surface area (Å²) in [4.78, 5) is 12.7. The summed E-state index contributed by atoms with van der Waals surface area (Å²) in [5, 5.41) is 3.44. The van der Waals surface area contributed by atoms with Crippen LogP contribution in [0.3, 0.4) is 0 Å². The van der Waals surface area contributed by atoms with Gasteiger partial charge in [-0.05, 0) is 29.8 Å². The highest BCUT2D eigenvalue weighted by atomic mass is 35.5. The molecule has 0 radical (unpaired) electrons. The van der Waals surface area contributed by atoms with Crippen molar-refractivity contribution in [3.63, 3.8) is 0 Å². The Bertz CT molecular complexity index is 785. The average molecular weight is 318 g/mol. The van der Waals surface area contributed by atoms with Crippen LogP contribution in [0.25, 0.3) is 11.0 Å². The van der Waals surface area contributed by atoms with Crippen molar-refractivity contribution in [2.45, 2.75) is 6.04 Å². The zero-order chi connectivity index (χ0) is 15.5. The summed E-state index contributed by atoms with van der Waals surface area (Å²) in [5.74, 6) is 0.177. The molecule has 0 amide bonds. The number of rotatable bonds is 4. The maximum absolute atomic E-state index is 13.4. The molecule has 2 aromatic heterocycles. The maximum Gasteiger partial charge on any atom is 0.154 e. The number of nitrogens with zero attached hydrogens (tertiary/aromatic N) is 3. The second-order valence-corrected chi connectivity index (χ2v) is 5.21. The first kappa shape index (κ1) is 14.6. The van der Waals surface area contributed by atoms with Crippen LogP contribution in [0.5, 0.6) is 0 Å². The normalized spacial score (nSPS) is 12.3. The average Bonchev–Trinajstić information content (AvgIpc) is 2.51. The van der Waals surface area contributed by atoms with Crippen molar-refractivity contribution in [3.8, 4) is 0 Å². The number of nitrogens with one attached hydrogen (secondary N) is 1. The van der Waals surface area contributed by atoms with Crippen molar-refractivity contribution >= 4 is 28.5 Å². The van der Waals surface area contributed by atoms with Gasteiger partial charge in [-0.25, -0.2) is 14.4 Å². The molecule has 0 saturated heterocycles. The smallest absolute Gasteiger partial charge is 0.154 e. The molecule has 0 spiro atoms. The van der Waals surface area contributed by atoms with Gasteiger partial charge in [0.05, 0.1) is 5.52 Å². The Morgan fingerprint density at radius 1 is 1.14 bits per heavy atom. The van der Waals surface area contributed by atoms with Crippen molar-refractivity contribution < 1.29 is 4.39 Å². The molecule has 3 aromatic rings. The fourth-order valence-corrected chi connectivity index (χ4v) is 2.37. The fourth-order valence-electron chi connectivity index (χ4n) is 2.14. The van der Waals surface area contributed by atoms with E-state index >= 15 is 0 Å². The number of nitrogens with two attached hydrogens (primary N) is 1. The SMILES string of the molecule is NC(CNc1nccc2nccnc12)c1cc(F)cc(Cl)c1. The van der Waals surface area contributed by atoms with Crippen LogP contribution in [0.1, 0.15) is 11.6 Å². The van der Waals surface area contributed by atoms with Crippen LogP contribution in [0, 0.1) is 5.82 Å². The first-order chi connectivity index (χ1) is 10.6. The van der Waals surface area contributed by atoms with Crippen LogP contribution in [0.2, 0.25) is 5.02 Å². The first-order valence-electron chi connectivity index (χ1n) is 6.64. The molecule has 0 bridgehead atoms. The molecule has 0 aliphatic carbocycles. The highest BCUT2D eigenvalue weighted by molar-refractivity contribution is 6.30. The Morgan fingerprint density at radius 2 is 1.95 bits per heavy atom. The molecule has 112 valence electrons. The quantitative estimate of drug-likeness (QED) is 0.773. The highest BCUT2D eigenvalue weighted by Gasteiger charge is 2.10. The van der Waals surface area contributed by atoms with E-state index < -0.39 is 11.9 Å². The van der Waals surface area contributed by atoms with Gasteiger partial charge in [-0.15, -0.1) is 0 Å². The minimum Gasteiger partial charge on any atom is -0.366 e. The van der Waals surface area contributed by atoms with Crippen molar-refractivity contribution in [2.75, 3.05) is 11.9 Å². The van der Waals surface area contributed by atoms with Gasteiger partial charge in [0.1, 0.15) is 11.3 Å². The van der Waals surface area contributed by atoms with Gasteiger partial charge in [0, 0.05) is 36.2 Å². The zero-order valence-electron chi connectivity index (χ0n) is 11.5. The third-order valence-electron chi connectivity index (χ3n) is 3.19. The van der Waals surface area contributed by atoms with Gasteiger partial charge in [0.2, 0.25) is 0 Å². The molecule has 1 atom stereocenters. The molecule has 7 heteroatoms. The van der Waals surface area contributed by atoms with E-state index in [1.54, 1.807) is 30.7 Å². The predicted molar refractivity (Wildman–Crippen MR) is 84.2 cm³/mol. The van der Waals surface area contributed by atoms with Crippen LogP contribution in [0.4, 0.5) is 10.2 Å². The molecule has 1 unspecified atom stereocenters. The Hall–Kier alpha value is -2.31. The van der Waals surface area contributed by atoms with Gasteiger partial charge < -0.3 is 11.1 Å². The molecule has 5 nitrogen and oxygen atoms in total. The van der Waals surface area contributed by atoms with Gasteiger partial charge in [-0.1, -0.05) is 11.6 Å². The standard InChI is InChI=1S/C15H13ClFN5/c16-10-5-9(6-11(17)7-10)12(18)8-22-15-14-13(1-2-21-15)19-3-4-20-14/h1-7,12H,8,18H2,(H,21,22). The minimum atomic E-state index is -0.429. The summed E-state index contributed by atoms with van der Waals surface area (Å²) in [6.07, 6.45) is 4.86. The molecule has 3 rings (SSSR count). The lowest BCUT2D eigenvalue weighted by Crippen LogP contribution is -2.21. The van der Waals surface area contributed by atoms with Gasteiger partial charge >= 0.3 is 0 Å². The molecule has 3 N–H and O–H groups in total. The number of pyridine rings is 1. The molecular formula is C15H13ClFN5. The van der Waals surface area contributed by atoms with Gasteiger partial charge in [0.25, 0.3) is 0 Å². The molecule has 22 heavy (non-hydrogen) atoms. The lowest BCUT2D eigenvalue weighted by molar-refractivity contribution is 0.621. The summed E-state index contributed by atoms with van der Waals surface area (Å²) in [6, 6.07) is 5.61. The van der Waals surface area contributed by atoms with Crippen molar-refractivity contribution in [1.29, 1.82) is 0 Å². The maximum atomic E-state index is 13.4. The highest BCUT2D eigenvalue weighted by Crippen LogP contribution is 2.20. The van der Waals surface area contributed by atoms with Crippen LogP contribution < -0.4 is 11.1 Å². The van der Waals surface area contributed by atoms with Crippen molar-refractivity contribution in [2.24, 2.45) is 5.73 Å². The fraction of sp³-hybridized carbons (Fsp3) is 0.133. The second-order valence-electron chi connectivity index (χ2n) is 4.77. The molecule has 1 aromatic carbocycles. The Morgan fingerprint density at radius 3 is 2.77 bits per heavy atom. The number of hydrogen-bond donors (Lipinski definition) is 2.